The average molecular weight is 769 g/mol. The monoisotopic (exact) mass is 768 g/mol. The number of nitrogens with one attached hydrogen (secondary N) is 3. The number of alkyl carbamates (subject to hydrolysis) is 1. The fraction of sp³-hybridized carbons (Fsp3) is 0.394. The van der Waals surface area contributed by atoms with Crippen LogP contribution in [0.1, 0.15) is 69.5 Å². The Labute approximate surface area is 301 Å². The molecule has 2 fully saturated rings. The summed E-state index contributed by atoms with van der Waals surface area (Å²) in [5, 5.41) is 17.5. The van der Waals surface area contributed by atoms with Crippen molar-refractivity contribution in [2.45, 2.75) is 69.8 Å². The summed E-state index contributed by atoms with van der Waals surface area (Å²) in [6.45, 7) is 4.61. The van der Waals surface area contributed by atoms with E-state index in [0.717, 1.165) is 15.9 Å². The van der Waals surface area contributed by atoms with Crippen LogP contribution in [0, 0.1) is 16.6 Å². The Morgan fingerprint density at radius 3 is 2.50 bits per heavy atom. The summed E-state index contributed by atoms with van der Waals surface area (Å²) < 4.78 is 90.7. The van der Waals surface area contributed by atoms with Crippen LogP contribution in [0.25, 0.3) is 16.1 Å². The minimum Gasteiger partial charge on any atom is -0.447 e. The van der Waals surface area contributed by atoms with Crippen LogP contribution in [0.3, 0.4) is 0 Å². The Bertz CT molecular complexity index is 2010. The molecule has 3 N–H and O–H groups in total. The Kier molecular flexibility index (Phi) is 9.52. The van der Waals surface area contributed by atoms with Crippen LogP contribution in [-0.2, 0) is 15.1 Å². The lowest BCUT2D eigenvalue weighted by Gasteiger charge is -2.35. The fourth-order valence-electron chi connectivity index (χ4n) is 6.28. The zero-order valence-electron chi connectivity index (χ0n) is 27.7. The first-order valence-electron chi connectivity index (χ1n) is 15.7. The predicted molar refractivity (Wildman–Crippen MR) is 178 cm³/mol. The van der Waals surface area contributed by atoms with Gasteiger partial charge in [-0.25, -0.2) is 27.6 Å². The van der Waals surface area contributed by atoms with E-state index in [4.69, 9.17) is 21.7 Å². The van der Waals surface area contributed by atoms with Crippen molar-refractivity contribution >= 4 is 40.9 Å². The third-order valence-corrected chi connectivity index (χ3v) is 9.91. The summed E-state index contributed by atoms with van der Waals surface area (Å²) in [5.74, 6) is -2.92. The highest BCUT2D eigenvalue weighted by molar-refractivity contribution is 7.13. The number of hydrogen-bond acceptors (Lipinski definition) is 8. The van der Waals surface area contributed by atoms with Gasteiger partial charge in [0.25, 0.3) is 12.3 Å². The summed E-state index contributed by atoms with van der Waals surface area (Å²) >= 11 is 7.67. The normalized spacial score (nSPS) is 19.2. The maximum absolute atomic E-state index is 16.2. The van der Waals surface area contributed by atoms with Gasteiger partial charge in [0.15, 0.2) is 11.8 Å². The van der Waals surface area contributed by atoms with Crippen molar-refractivity contribution in [3.05, 3.63) is 82.2 Å². The van der Waals surface area contributed by atoms with Gasteiger partial charge in [-0.15, -0.1) is 11.3 Å². The van der Waals surface area contributed by atoms with Gasteiger partial charge in [-0.1, -0.05) is 50.6 Å². The average Bonchev–Trinajstić information content (AvgIpc) is 3.37. The van der Waals surface area contributed by atoms with Crippen molar-refractivity contribution in [2.24, 2.45) is 5.41 Å². The highest BCUT2D eigenvalue weighted by Crippen LogP contribution is 2.49. The van der Waals surface area contributed by atoms with Gasteiger partial charge >= 0.3 is 12.3 Å². The van der Waals surface area contributed by atoms with Crippen LogP contribution >= 0.6 is 22.9 Å². The number of amides is 2. The second-order valence-electron chi connectivity index (χ2n) is 13.7. The second-order valence-corrected chi connectivity index (χ2v) is 15.0. The van der Waals surface area contributed by atoms with Crippen molar-refractivity contribution in [1.29, 1.82) is 5.41 Å². The molecule has 2 aromatic heterocycles. The molecule has 4 aromatic rings. The number of nitrogens with zero attached hydrogens (tertiary/aromatic N) is 5. The van der Waals surface area contributed by atoms with E-state index in [-0.39, 0.29) is 41.1 Å². The van der Waals surface area contributed by atoms with Gasteiger partial charge in [-0.3, -0.25) is 20.1 Å². The van der Waals surface area contributed by atoms with Gasteiger partial charge in [0.05, 0.1) is 27.1 Å². The lowest BCUT2D eigenvalue weighted by atomic mass is 9.75. The van der Waals surface area contributed by atoms with Crippen molar-refractivity contribution in [3.8, 4) is 16.1 Å². The van der Waals surface area contributed by atoms with Gasteiger partial charge in [-0.05, 0) is 54.0 Å². The number of carbonyl (C=O) groups excluding carboxylic acids is 2. The lowest BCUT2D eigenvalue weighted by molar-refractivity contribution is -0.164. The van der Waals surface area contributed by atoms with E-state index in [1.807, 2.05) is 26.1 Å². The number of alkyl halides is 5. The van der Waals surface area contributed by atoms with E-state index in [2.05, 4.69) is 20.4 Å². The van der Waals surface area contributed by atoms with Crippen LogP contribution in [-0.4, -0.2) is 60.9 Å². The lowest BCUT2D eigenvalue weighted by Crippen LogP contribution is -2.49. The zero-order chi connectivity index (χ0) is 37.8. The molecule has 6 rings (SSSR count). The Hall–Kier alpha value is -4.71. The van der Waals surface area contributed by atoms with Crippen molar-refractivity contribution in [3.63, 3.8) is 0 Å². The highest BCUT2D eigenvalue weighted by atomic mass is 35.5. The summed E-state index contributed by atoms with van der Waals surface area (Å²) in [5.41, 5.74) is -3.07. The molecule has 52 heavy (non-hydrogen) atoms. The third kappa shape index (κ3) is 6.92. The topological polar surface area (TPSA) is 138 Å². The van der Waals surface area contributed by atoms with Gasteiger partial charge in [-0.2, -0.15) is 18.3 Å². The number of rotatable bonds is 10. The molecule has 19 heteroatoms. The Balaban J connectivity index is 1.43. The van der Waals surface area contributed by atoms with Crippen LogP contribution in [0.15, 0.2) is 54.4 Å². The molecule has 1 saturated heterocycles. The number of benzene rings is 2. The molecule has 2 aromatic carbocycles. The van der Waals surface area contributed by atoms with E-state index in [9.17, 15) is 31.5 Å². The van der Waals surface area contributed by atoms with Crippen LogP contribution in [0.2, 0.25) is 5.02 Å². The summed E-state index contributed by atoms with van der Waals surface area (Å²) in [4.78, 5) is 36.8. The van der Waals surface area contributed by atoms with E-state index in [0.29, 0.717) is 10.4 Å². The van der Waals surface area contributed by atoms with Crippen LogP contribution in [0.4, 0.5) is 31.1 Å². The van der Waals surface area contributed by atoms with Gasteiger partial charge in [0.1, 0.15) is 29.8 Å². The molecule has 11 nitrogen and oxygen atoms in total. The smallest absolute Gasteiger partial charge is 0.411 e. The van der Waals surface area contributed by atoms with E-state index < -0.39 is 71.3 Å². The molecule has 2 amide bonds. The molecular weight excluding hydrogens is 738 g/mol. The largest absolute Gasteiger partial charge is 0.447 e. The molecule has 0 unspecified atom stereocenters. The van der Waals surface area contributed by atoms with Crippen molar-refractivity contribution < 1.29 is 40.7 Å². The number of thiazole rings is 1. The number of halogens is 7. The minimum absolute atomic E-state index is 0.0424. The maximum Gasteiger partial charge on any atom is 0.411 e. The standard InChI is InChI=1S/C33H31ClF6N8O3S/c1-30(2,3)14-32(19-6-4-18(10-21(19)35)24-12-42-16-52-24)27(49)47(28(41)45-32)23(13-51-29(50)46-31(8-9-31)33(38,39)40)17-5-7-20(34)22(11-17)48-26(25(36)37)43-15-44-48/h4-7,10-12,15-16,23,25H,8-9,13-14H2,1-3H3,(H2,41,45)(H,46,50)/t23-,32-/m1/s1. The molecular formula is C33H31ClF6N8O3S. The van der Waals surface area contributed by atoms with Crippen molar-refractivity contribution in [2.75, 3.05) is 6.61 Å². The number of aromatic nitrogens is 4. The van der Waals surface area contributed by atoms with Crippen LogP contribution in [0.5, 0.6) is 0 Å². The van der Waals surface area contributed by atoms with Gasteiger partial charge in [0.2, 0.25) is 0 Å². The first kappa shape index (κ1) is 37.1. The molecule has 276 valence electrons. The number of ether oxygens (including phenoxy) is 1. The zero-order valence-corrected chi connectivity index (χ0v) is 29.3. The number of carbonyl (C=O) groups is 2. The molecule has 1 aliphatic carbocycles. The summed E-state index contributed by atoms with van der Waals surface area (Å²) in [7, 11) is 0. The molecule has 1 aliphatic heterocycles. The first-order valence-corrected chi connectivity index (χ1v) is 17.0. The van der Waals surface area contributed by atoms with E-state index in [1.54, 1.807) is 17.8 Å². The molecule has 2 aliphatic rings. The minimum atomic E-state index is -4.75. The van der Waals surface area contributed by atoms with Gasteiger partial charge < -0.3 is 15.4 Å². The van der Waals surface area contributed by atoms with Crippen molar-refractivity contribution in [1.82, 2.24) is 35.3 Å². The quantitative estimate of drug-likeness (QED) is 0.141. The summed E-state index contributed by atoms with van der Waals surface area (Å²) in [6.07, 6.45) is -7.58. The first-order chi connectivity index (χ1) is 24.4. The number of guanidine groups is 1. The molecule has 2 atom stereocenters. The molecule has 1 saturated carbocycles. The molecule has 0 bridgehead atoms. The molecule has 0 spiro atoms. The van der Waals surface area contributed by atoms with E-state index in [1.165, 1.54) is 41.7 Å². The molecule has 3 heterocycles. The Morgan fingerprint density at radius 1 is 1.17 bits per heavy atom. The van der Waals surface area contributed by atoms with E-state index >= 15 is 4.39 Å². The SMILES string of the molecule is CC(C)(C)C[C@]1(c2ccc(-c3cncs3)cc2F)NC(=N)N([C@H](COC(=O)NC2(C(F)(F)F)CC2)c2ccc(Cl)c(-n3ncnc3C(F)F)c2)C1=O. The highest BCUT2D eigenvalue weighted by Gasteiger charge is 2.65. The predicted octanol–water partition coefficient (Wildman–Crippen LogP) is 7.68. The third-order valence-electron chi connectivity index (χ3n) is 8.77. The number of hydrogen-bond donors (Lipinski definition) is 3. The fourth-order valence-corrected chi connectivity index (χ4v) is 7.10. The van der Waals surface area contributed by atoms with Gasteiger partial charge in [0, 0.05) is 11.8 Å². The molecule has 0 radical (unpaired) electrons. The Morgan fingerprint density at radius 2 is 1.90 bits per heavy atom. The second kappa shape index (κ2) is 13.4. The maximum atomic E-state index is 16.2. The van der Waals surface area contributed by atoms with Crippen LogP contribution < -0.4 is 10.6 Å². The summed E-state index contributed by atoms with van der Waals surface area (Å²) in [6, 6.07) is 6.73.